The second-order valence-electron chi connectivity index (χ2n) is 6.03. The van der Waals surface area contributed by atoms with Gasteiger partial charge >= 0.3 is 0 Å². The lowest BCUT2D eigenvalue weighted by Gasteiger charge is -2.30. The van der Waals surface area contributed by atoms with E-state index in [1.54, 1.807) is 0 Å². The molecule has 0 bridgehead atoms. The van der Waals surface area contributed by atoms with Crippen LogP contribution in [-0.4, -0.2) is 5.78 Å². The van der Waals surface area contributed by atoms with Crippen molar-refractivity contribution in [1.82, 2.24) is 0 Å². The Kier molecular flexibility index (Phi) is 6.38. The van der Waals surface area contributed by atoms with Crippen LogP contribution in [0.2, 0.25) is 0 Å². The summed E-state index contributed by atoms with van der Waals surface area (Å²) in [7, 11) is 0. The molecule has 0 aromatic rings. The van der Waals surface area contributed by atoms with E-state index >= 15 is 0 Å². The Morgan fingerprint density at radius 3 is 2.33 bits per heavy atom. The van der Waals surface area contributed by atoms with Crippen LogP contribution in [0.3, 0.4) is 0 Å². The van der Waals surface area contributed by atoms with Crippen LogP contribution in [0.4, 0.5) is 0 Å². The number of Topliss-reactive ketones (excluding diaryl/α,β-unsaturated/α-hetero) is 1. The molecule has 0 aliphatic heterocycles. The van der Waals surface area contributed by atoms with Gasteiger partial charge in [-0.3, -0.25) is 4.79 Å². The minimum absolute atomic E-state index is 0.334. The van der Waals surface area contributed by atoms with E-state index in [0.29, 0.717) is 11.7 Å². The second kappa shape index (κ2) is 7.56. The highest BCUT2D eigenvalue weighted by atomic mass is 16.1. The Bertz CT molecular complexity index is 315. The first-order valence-electron chi connectivity index (χ1n) is 7.37. The lowest BCUT2D eigenvalue weighted by atomic mass is 9.75. The van der Waals surface area contributed by atoms with Crippen LogP contribution in [0.15, 0.2) is 23.8 Å². The molecule has 1 aliphatic rings. The molecule has 1 rings (SSSR count). The topological polar surface area (TPSA) is 17.1 Å². The van der Waals surface area contributed by atoms with Gasteiger partial charge in [-0.2, -0.15) is 0 Å². The Labute approximate surface area is 112 Å². The molecule has 0 aromatic heterocycles. The van der Waals surface area contributed by atoms with Crippen molar-refractivity contribution in [1.29, 1.82) is 0 Å². The van der Waals surface area contributed by atoms with Gasteiger partial charge in [-0.25, -0.2) is 0 Å². The summed E-state index contributed by atoms with van der Waals surface area (Å²) in [4.78, 5) is 12.0. The molecule has 1 saturated carbocycles. The Morgan fingerprint density at radius 2 is 1.83 bits per heavy atom. The summed E-state index contributed by atoms with van der Waals surface area (Å²) >= 11 is 0. The smallest absolute Gasteiger partial charge is 0.158 e. The molecule has 0 atom stereocenters. The maximum atomic E-state index is 12.0. The highest BCUT2D eigenvalue weighted by Gasteiger charge is 2.24. The van der Waals surface area contributed by atoms with Crippen LogP contribution in [0.5, 0.6) is 0 Å². The van der Waals surface area contributed by atoms with Gasteiger partial charge in [-0.15, -0.1) is 0 Å². The second-order valence-corrected chi connectivity index (χ2v) is 6.03. The third-order valence-electron chi connectivity index (χ3n) is 4.29. The standard InChI is InChI=1S/C17H28O/c1-5-6-7-14(4)17(18)12-15-8-10-16(11-9-15)13(2)3/h5-7,13,15-16H,8-12H2,1-4H3/b6-5-,14-7+. The molecule has 0 saturated heterocycles. The Hall–Kier alpha value is -0.850. The number of carbonyl (C=O) groups excluding carboxylic acids is 1. The van der Waals surface area contributed by atoms with Crippen molar-refractivity contribution < 1.29 is 4.79 Å². The van der Waals surface area contributed by atoms with E-state index in [9.17, 15) is 4.79 Å². The first-order valence-corrected chi connectivity index (χ1v) is 7.37. The molecule has 1 fully saturated rings. The van der Waals surface area contributed by atoms with Gasteiger partial charge < -0.3 is 0 Å². The van der Waals surface area contributed by atoms with E-state index in [-0.39, 0.29) is 0 Å². The molecule has 1 nitrogen and oxygen atoms in total. The van der Waals surface area contributed by atoms with Crippen LogP contribution in [0.25, 0.3) is 0 Å². The van der Waals surface area contributed by atoms with Crippen molar-refractivity contribution in [3.05, 3.63) is 23.8 Å². The molecule has 18 heavy (non-hydrogen) atoms. The zero-order chi connectivity index (χ0) is 13.5. The fourth-order valence-electron chi connectivity index (χ4n) is 2.82. The van der Waals surface area contributed by atoms with Crippen LogP contribution >= 0.6 is 0 Å². The van der Waals surface area contributed by atoms with Gasteiger partial charge in [0.05, 0.1) is 0 Å². The average Bonchev–Trinajstić information content (AvgIpc) is 2.36. The maximum absolute atomic E-state index is 12.0. The van der Waals surface area contributed by atoms with Crippen molar-refractivity contribution in [3.63, 3.8) is 0 Å². The number of rotatable bonds is 5. The normalized spacial score (nSPS) is 25.9. The van der Waals surface area contributed by atoms with Gasteiger partial charge in [0.25, 0.3) is 0 Å². The number of carbonyl (C=O) groups is 1. The number of hydrogen-bond donors (Lipinski definition) is 0. The minimum Gasteiger partial charge on any atom is -0.295 e. The fraction of sp³-hybridized carbons (Fsp3) is 0.706. The summed E-state index contributed by atoms with van der Waals surface area (Å²) in [6.45, 7) is 8.55. The van der Waals surface area contributed by atoms with E-state index in [0.717, 1.165) is 23.8 Å². The predicted molar refractivity (Wildman–Crippen MR) is 78.5 cm³/mol. The Balaban J connectivity index is 2.39. The minimum atomic E-state index is 0.334. The predicted octanol–water partition coefficient (Wildman–Crippen LogP) is 4.93. The van der Waals surface area contributed by atoms with Gasteiger partial charge in [0.15, 0.2) is 5.78 Å². The van der Waals surface area contributed by atoms with Gasteiger partial charge in [0.1, 0.15) is 0 Å². The highest BCUT2D eigenvalue weighted by molar-refractivity contribution is 5.95. The molecule has 1 heteroatoms. The van der Waals surface area contributed by atoms with E-state index in [1.807, 2.05) is 32.1 Å². The van der Waals surface area contributed by atoms with E-state index in [2.05, 4.69) is 13.8 Å². The van der Waals surface area contributed by atoms with Crippen molar-refractivity contribution in [2.24, 2.45) is 17.8 Å². The first-order chi connectivity index (χ1) is 8.54. The fourth-order valence-corrected chi connectivity index (χ4v) is 2.82. The molecule has 0 spiro atoms. The molecule has 0 aromatic carbocycles. The molecule has 0 amide bonds. The van der Waals surface area contributed by atoms with Gasteiger partial charge in [0.2, 0.25) is 0 Å². The SMILES string of the molecule is C/C=C\C=C(/C)C(=O)CC1CCC(C(C)C)CC1. The molecule has 1 aliphatic carbocycles. The third kappa shape index (κ3) is 4.80. The quantitative estimate of drug-likeness (QED) is 0.498. The summed E-state index contributed by atoms with van der Waals surface area (Å²) in [5.74, 6) is 2.65. The lowest BCUT2D eigenvalue weighted by molar-refractivity contribution is -0.116. The van der Waals surface area contributed by atoms with Crippen LogP contribution in [-0.2, 0) is 4.79 Å². The number of allylic oxidation sites excluding steroid dienone is 4. The number of ketones is 1. The van der Waals surface area contributed by atoms with E-state index < -0.39 is 0 Å². The molecular formula is C17H28O. The molecular weight excluding hydrogens is 220 g/mol. The van der Waals surface area contributed by atoms with Crippen molar-refractivity contribution >= 4 is 5.78 Å². The summed E-state index contributed by atoms with van der Waals surface area (Å²) in [5.41, 5.74) is 0.902. The first kappa shape index (κ1) is 15.2. The molecule has 0 radical (unpaired) electrons. The van der Waals surface area contributed by atoms with Crippen molar-refractivity contribution in [2.45, 2.75) is 59.8 Å². The highest BCUT2D eigenvalue weighted by Crippen LogP contribution is 2.35. The zero-order valence-electron chi connectivity index (χ0n) is 12.4. The molecule has 102 valence electrons. The lowest BCUT2D eigenvalue weighted by Crippen LogP contribution is -2.20. The van der Waals surface area contributed by atoms with Gasteiger partial charge in [0, 0.05) is 6.42 Å². The third-order valence-corrected chi connectivity index (χ3v) is 4.29. The summed E-state index contributed by atoms with van der Waals surface area (Å²) in [5, 5.41) is 0. The van der Waals surface area contributed by atoms with E-state index in [1.165, 1.54) is 25.7 Å². The summed E-state index contributed by atoms with van der Waals surface area (Å²) < 4.78 is 0. The van der Waals surface area contributed by atoms with Crippen molar-refractivity contribution in [3.8, 4) is 0 Å². The molecule has 0 unspecified atom stereocenters. The molecule has 0 N–H and O–H groups in total. The van der Waals surface area contributed by atoms with Crippen molar-refractivity contribution in [2.75, 3.05) is 0 Å². The average molecular weight is 248 g/mol. The summed E-state index contributed by atoms with van der Waals surface area (Å²) in [6, 6.07) is 0. The number of hydrogen-bond acceptors (Lipinski definition) is 1. The Morgan fingerprint density at radius 1 is 1.22 bits per heavy atom. The molecule has 0 heterocycles. The monoisotopic (exact) mass is 248 g/mol. The van der Waals surface area contributed by atoms with Gasteiger partial charge in [-0.05, 0) is 62.9 Å². The van der Waals surface area contributed by atoms with Gasteiger partial charge in [-0.1, -0.05) is 32.1 Å². The van der Waals surface area contributed by atoms with Crippen LogP contribution < -0.4 is 0 Å². The largest absolute Gasteiger partial charge is 0.295 e. The van der Waals surface area contributed by atoms with E-state index in [4.69, 9.17) is 0 Å². The maximum Gasteiger partial charge on any atom is 0.158 e. The summed E-state index contributed by atoms with van der Waals surface area (Å²) in [6.07, 6.45) is 11.7. The van der Waals surface area contributed by atoms with Crippen LogP contribution in [0, 0.1) is 17.8 Å². The zero-order valence-corrected chi connectivity index (χ0v) is 12.4. The van der Waals surface area contributed by atoms with Crippen LogP contribution in [0.1, 0.15) is 59.8 Å².